The van der Waals surface area contributed by atoms with Crippen LogP contribution < -0.4 is 4.74 Å². The summed E-state index contributed by atoms with van der Waals surface area (Å²) in [6.07, 6.45) is 0. The molecule has 0 fully saturated rings. The SMILES string of the molecule is Cc1ccc(-c2snc(Cl)c2COc2[c]c(C(C)(F)F)ccc2)cc1. The van der Waals surface area contributed by atoms with E-state index in [1.165, 1.54) is 23.7 Å². The van der Waals surface area contributed by atoms with E-state index in [1.807, 2.05) is 31.2 Å². The second kappa shape index (κ2) is 7.10. The molecule has 129 valence electrons. The number of hydrogen-bond donors (Lipinski definition) is 0. The van der Waals surface area contributed by atoms with Crippen LogP contribution in [0.1, 0.15) is 23.6 Å². The molecule has 0 N–H and O–H groups in total. The molecule has 25 heavy (non-hydrogen) atoms. The molecule has 0 aliphatic heterocycles. The molecule has 0 atom stereocenters. The molecule has 1 heterocycles. The predicted octanol–water partition coefficient (Wildman–Crippen LogP) is 6.26. The minimum Gasteiger partial charge on any atom is -0.488 e. The fourth-order valence-corrected chi connectivity index (χ4v) is 3.38. The molecule has 0 unspecified atom stereocenters. The van der Waals surface area contributed by atoms with Gasteiger partial charge in [-0.3, -0.25) is 0 Å². The van der Waals surface area contributed by atoms with Crippen LogP contribution >= 0.6 is 23.1 Å². The van der Waals surface area contributed by atoms with E-state index in [0.717, 1.165) is 28.5 Å². The first-order chi connectivity index (χ1) is 11.8. The highest BCUT2D eigenvalue weighted by molar-refractivity contribution is 7.10. The van der Waals surface area contributed by atoms with Gasteiger partial charge >= 0.3 is 0 Å². The molecule has 6 heteroatoms. The van der Waals surface area contributed by atoms with Gasteiger partial charge in [0.1, 0.15) is 17.5 Å². The number of rotatable bonds is 5. The molecule has 3 aromatic rings. The van der Waals surface area contributed by atoms with Gasteiger partial charge in [-0.2, -0.15) is 4.37 Å². The molecular weight excluding hydrogens is 364 g/mol. The first kappa shape index (κ1) is 17.8. The van der Waals surface area contributed by atoms with Crippen molar-refractivity contribution < 1.29 is 13.5 Å². The summed E-state index contributed by atoms with van der Waals surface area (Å²) in [6.45, 7) is 2.98. The van der Waals surface area contributed by atoms with Gasteiger partial charge in [-0.05, 0) is 30.1 Å². The van der Waals surface area contributed by atoms with E-state index in [2.05, 4.69) is 10.4 Å². The molecular formula is C19H15ClF2NOS. The van der Waals surface area contributed by atoms with Crippen molar-refractivity contribution in [1.82, 2.24) is 4.37 Å². The lowest BCUT2D eigenvalue weighted by molar-refractivity contribution is 0.0169. The summed E-state index contributed by atoms with van der Waals surface area (Å²) in [5.74, 6) is -2.72. The van der Waals surface area contributed by atoms with Crippen molar-refractivity contribution in [3.63, 3.8) is 0 Å². The molecule has 3 rings (SSSR count). The number of ether oxygens (including phenoxy) is 1. The fraction of sp³-hybridized carbons (Fsp3) is 0.211. The molecule has 0 saturated heterocycles. The maximum Gasteiger partial charge on any atom is 0.271 e. The van der Waals surface area contributed by atoms with Crippen molar-refractivity contribution in [2.75, 3.05) is 0 Å². The van der Waals surface area contributed by atoms with Gasteiger partial charge in [0, 0.05) is 24.1 Å². The van der Waals surface area contributed by atoms with E-state index in [4.69, 9.17) is 16.3 Å². The van der Waals surface area contributed by atoms with E-state index in [-0.39, 0.29) is 17.9 Å². The van der Waals surface area contributed by atoms with Gasteiger partial charge in [-0.1, -0.05) is 53.6 Å². The van der Waals surface area contributed by atoms with E-state index >= 15 is 0 Å². The van der Waals surface area contributed by atoms with Crippen molar-refractivity contribution in [3.8, 4) is 16.2 Å². The monoisotopic (exact) mass is 378 g/mol. The van der Waals surface area contributed by atoms with Crippen molar-refractivity contribution in [1.29, 1.82) is 0 Å². The highest BCUT2D eigenvalue weighted by Crippen LogP contribution is 2.34. The second-order valence-electron chi connectivity index (χ2n) is 5.75. The molecule has 2 aromatic carbocycles. The summed E-state index contributed by atoms with van der Waals surface area (Å²) in [6, 6.07) is 15.0. The standard InChI is InChI=1S/C19H15ClF2NOS/c1-12-6-8-13(9-7-12)17-16(18(20)23-25-17)11-24-15-5-3-4-14(10-15)19(2,21)22/h3-9H,11H2,1-2H3. The summed E-state index contributed by atoms with van der Waals surface area (Å²) in [5, 5.41) is 0.359. The first-order valence-corrected chi connectivity index (χ1v) is 8.74. The molecule has 0 saturated carbocycles. The van der Waals surface area contributed by atoms with Crippen molar-refractivity contribution >= 4 is 23.1 Å². The maximum absolute atomic E-state index is 13.4. The van der Waals surface area contributed by atoms with Gasteiger partial charge in [0.25, 0.3) is 5.92 Å². The van der Waals surface area contributed by atoms with Crippen LogP contribution in [0.5, 0.6) is 5.75 Å². The summed E-state index contributed by atoms with van der Waals surface area (Å²) in [5.41, 5.74) is 2.67. The third-order valence-electron chi connectivity index (χ3n) is 3.67. The van der Waals surface area contributed by atoms with Crippen LogP contribution in [-0.4, -0.2) is 4.37 Å². The lowest BCUT2D eigenvalue weighted by atomic mass is 10.1. The third-order valence-corrected chi connectivity index (χ3v) is 5.02. The zero-order valence-corrected chi connectivity index (χ0v) is 15.2. The maximum atomic E-state index is 13.4. The van der Waals surface area contributed by atoms with Crippen LogP contribution in [0.3, 0.4) is 0 Å². The molecule has 0 aliphatic carbocycles. The van der Waals surface area contributed by atoms with E-state index in [0.29, 0.717) is 5.15 Å². The topological polar surface area (TPSA) is 22.1 Å². The van der Waals surface area contributed by atoms with Gasteiger partial charge in [0.15, 0.2) is 0 Å². The molecule has 0 bridgehead atoms. The second-order valence-corrected chi connectivity index (χ2v) is 6.88. The zero-order chi connectivity index (χ0) is 18.0. The molecule has 2 nitrogen and oxygen atoms in total. The van der Waals surface area contributed by atoms with Crippen LogP contribution in [-0.2, 0) is 12.5 Å². The number of hydrogen-bond acceptors (Lipinski definition) is 3. The Morgan fingerprint density at radius 3 is 2.60 bits per heavy atom. The molecule has 0 spiro atoms. The molecule has 0 aliphatic rings. The molecule has 1 aromatic heterocycles. The Balaban J connectivity index is 1.83. The van der Waals surface area contributed by atoms with Gasteiger partial charge in [0.05, 0.1) is 4.88 Å². The minimum atomic E-state index is -2.96. The number of benzene rings is 2. The number of halogens is 3. The third kappa shape index (κ3) is 4.17. The molecule has 1 radical (unpaired) electrons. The highest BCUT2D eigenvalue weighted by Gasteiger charge is 2.25. The number of aromatic nitrogens is 1. The van der Waals surface area contributed by atoms with Crippen LogP contribution in [0.2, 0.25) is 5.15 Å². The Kier molecular flexibility index (Phi) is 5.06. The quantitative estimate of drug-likeness (QED) is 0.522. The summed E-state index contributed by atoms with van der Waals surface area (Å²) >= 11 is 7.47. The first-order valence-electron chi connectivity index (χ1n) is 7.59. The molecule has 0 amide bonds. The summed E-state index contributed by atoms with van der Waals surface area (Å²) in [7, 11) is 0. The minimum absolute atomic E-state index is 0.133. The van der Waals surface area contributed by atoms with Crippen LogP contribution in [0.4, 0.5) is 8.78 Å². The Morgan fingerprint density at radius 1 is 1.20 bits per heavy atom. The summed E-state index contributed by atoms with van der Waals surface area (Å²) < 4.78 is 36.7. The lowest BCUT2D eigenvalue weighted by Crippen LogP contribution is -2.07. The van der Waals surface area contributed by atoms with Crippen LogP contribution in [0.25, 0.3) is 10.4 Å². The van der Waals surface area contributed by atoms with Crippen molar-refractivity contribution in [2.24, 2.45) is 0 Å². The fourth-order valence-electron chi connectivity index (χ4n) is 2.28. The summed E-state index contributed by atoms with van der Waals surface area (Å²) in [4.78, 5) is 0.905. The van der Waals surface area contributed by atoms with Crippen molar-refractivity contribution in [2.45, 2.75) is 26.4 Å². The van der Waals surface area contributed by atoms with Gasteiger partial charge in [-0.25, -0.2) is 8.78 Å². The Hall–Kier alpha value is -1.98. The Labute approximate surface area is 154 Å². The average Bonchev–Trinajstić information content (AvgIpc) is 2.94. The van der Waals surface area contributed by atoms with Gasteiger partial charge in [0.2, 0.25) is 0 Å². The van der Waals surface area contributed by atoms with E-state index in [9.17, 15) is 8.78 Å². The van der Waals surface area contributed by atoms with E-state index < -0.39 is 5.92 Å². The van der Waals surface area contributed by atoms with Crippen molar-refractivity contribution in [3.05, 3.63) is 70.4 Å². The largest absolute Gasteiger partial charge is 0.488 e. The van der Waals surface area contributed by atoms with Crippen LogP contribution in [0, 0.1) is 13.0 Å². The predicted molar refractivity (Wildman–Crippen MR) is 96.5 cm³/mol. The van der Waals surface area contributed by atoms with Gasteiger partial charge < -0.3 is 4.74 Å². The Bertz CT molecular complexity index is 872. The number of aryl methyl sites for hydroxylation is 1. The number of nitrogens with zero attached hydrogens (tertiary/aromatic N) is 1. The highest BCUT2D eigenvalue weighted by atomic mass is 35.5. The average molecular weight is 379 g/mol. The lowest BCUT2D eigenvalue weighted by Gasteiger charge is -2.12. The Morgan fingerprint density at radius 2 is 1.92 bits per heavy atom. The van der Waals surface area contributed by atoms with Gasteiger partial charge in [-0.15, -0.1) is 0 Å². The number of alkyl halides is 2. The van der Waals surface area contributed by atoms with E-state index in [1.54, 1.807) is 6.07 Å². The smallest absolute Gasteiger partial charge is 0.271 e. The zero-order valence-electron chi connectivity index (χ0n) is 13.6. The van der Waals surface area contributed by atoms with Crippen LogP contribution in [0.15, 0.2) is 42.5 Å². The normalized spacial score (nSPS) is 11.6.